The van der Waals surface area contributed by atoms with E-state index in [2.05, 4.69) is 5.32 Å². The summed E-state index contributed by atoms with van der Waals surface area (Å²) in [4.78, 5) is 12.6. The lowest BCUT2D eigenvalue weighted by Gasteiger charge is -2.34. The molecule has 1 saturated heterocycles. The second-order valence-corrected chi connectivity index (χ2v) is 10.5. The van der Waals surface area contributed by atoms with Crippen LogP contribution in [-0.2, 0) is 10.0 Å². The molecule has 1 aromatic rings. The molecule has 0 aromatic heterocycles. The van der Waals surface area contributed by atoms with Gasteiger partial charge in [0, 0.05) is 19.1 Å². The molecule has 0 spiro atoms. The molecular weight excluding hydrogens is 379 g/mol. The fourth-order valence-corrected chi connectivity index (χ4v) is 6.18. The third kappa shape index (κ3) is 4.92. The van der Waals surface area contributed by atoms with E-state index in [1.54, 1.807) is 0 Å². The molecule has 1 aliphatic heterocycles. The molecule has 2 aliphatic rings. The average Bonchev–Trinajstić information content (AvgIpc) is 2.89. The standard InChI is InChI=1S/C21H31FN2O3S/c1-15-11-16(2)14-24(13-15)28(26,27)18-9-10-20(22)19(12-18)21(25)23-17-7-5-3-4-6-8-17/h9-10,12,15-17H,3-8,11,13-14H2,1-2H3,(H,23,25). The highest BCUT2D eigenvalue weighted by Crippen LogP contribution is 2.27. The number of nitrogens with zero attached hydrogens (tertiary/aromatic N) is 1. The molecule has 2 atom stereocenters. The van der Waals surface area contributed by atoms with E-state index in [0.717, 1.165) is 51.0 Å². The summed E-state index contributed by atoms with van der Waals surface area (Å²) in [6.07, 6.45) is 7.16. The minimum atomic E-state index is -3.75. The van der Waals surface area contributed by atoms with Gasteiger partial charge in [0.1, 0.15) is 5.82 Å². The van der Waals surface area contributed by atoms with Crippen molar-refractivity contribution in [2.75, 3.05) is 13.1 Å². The first-order chi connectivity index (χ1) is 13.3. The SMILES string of the molecule is CC1CC(C)CN(S(=O)(=O)c2ccc(F)c(C(=O)NC3CCCCCC3)c2)C1. The third-order valence-corrected chi connectivity index (χ3v) is 7.67. The number of benzene rings is 1. The van der Waals surface area contributed by atoms with Crippen LogP contribution in [0.4, 0.5) is 4.39 Å². The van der Waals surface area contributed by atoms with E-state index in [1.807, 2.05) is 13.8 Å². The van der Waals surface area contributed by atoms with Crippen LogP contribution in [0.2, 0.25) is 0 Å². The maximum atomic E-state index is 14.3. The van der Waals surface area contributed by atoms with Crippen molar-refractivity contribution >= 4 is 15.9 Å². The van der Waals surface area contributed by atoms with Crippen LogP contribution in [0.3, 0.4) is 0 Å². The lowest BCUT2D eigenvalue weighted by molar-refractivity contribution is 0.0929. The molecule has 3 rings (SSSR count). The minimum Gasteiger partial charge on any atom is -0.349 e. The van der Waals surface area contributed by atoms with Crippen LogP contribution in [0.15, 0.2) is 23.1 Å². The minimum absolute atomic E-state index is 0.0128. The molecule has 2 fully saturated rings. The number of carbonyl (C=O) groups excluding carboxylic acids is 1. The first-order valence-corrected chi connectivity index (χ1v) is 11.8. The summed E-state index contributed by atoms with van der Waals surface area (Å²) < 4.78 is 41.9. The number of halogens is 1. The molecule has 5 nitrogen and oxygen atoms in total. The van der Waals surface area contributed by atoms with E-state index >= 15 is 0 Å². The number of hydrogen-bond acceptors (Lipinski definition) is 3. The monoisotopic (exact) mass is 410 g/mol. The van der Waals surface area contributed by atoms with Crippen LogP contribution in [0.25, 0.3) is 0 Å². The summed E-state index contributed by atoms with van der Waals surface area (Å²) in [7, 11) is -3.75. The van der Waals surface area contributed by atoms with E-state index in [-0.39, 0.29) is 28.3 Å². The Kier molecular flexibility index (Phi) is 6.76. The number of sulfonamides is 1. The fraction of sp³-hybridized carbons (Fsp3) is 0.667. The van der Waals surface area contributed by atoms with E-state index in [4.69, 9.17) is 0 Å². The molecule has 28 heavy (non-hydrogen) atoms. The predicted octanol–water partition coefficient (Wildman–Crippen LogP) is 3.94. The van der Waals surface area contributed by atoms with Crippen molar-refractivity contribution in [1.29, 1.82) is 0 Å². The predicted molar refractivity (Wildman–Crippen MR) is 107 cm³/mol. The molecule has 0 radical (unpaired) electrons. The molecule has 1 heterocycles. The van der Waals surface area contributed by atoms with Gasteiger partial charge in [-0.3, -0.25) is 4.79 Å². The van der Waals surface area contributed by atoms with Gasteiger partial charge in [-0.1, -0.05) is 39.5 Å². The third-order valence-electron chi connectivity index (χ3n) is 5.85. The Morgan fingerprint density at radius 3 is 2.29 bits per heavy atom. The summed E-state index contributed by atoms with van der Waals surface area (Å²) in [5.74, 6) is -0.666. The number of carbonyl (C=O) groups is 1. The highest BCUT2D eigenvalue weighted by molar-refractivity contribution is 7.89. The lowest BCUT2D eigenvalue weighted by Crippen LogP contribution is -2.42. The Balaban J connectivity index is 1.81. The fourth-order valence-electron chi connectivity index (χ4n) is 4.48. The Labute approximate surface area is 167 Å². The Bertz CT molecular complexity index is 794. The van der Waals surface area contributed by atoms with Gasteiger partial charge in [-0.15, -0.1) is 0 Å². The number of rotatable bonds is 4. The van der Waals surface area contributed by atoms with Crippen molar-refractivity contribution in [2.24, 2.45) is 11.8 Å². The first kappa shape index (κ1) is 21.2. The summed E-state index contributed by atoms with van der Waals surface area (Å²) in [6.45, 7) is 4.98. The Morgan fingerprint density at radius 1 is 1.07 bits per heavy atom. The largest absolute Gasteiger partial charge is 0.349 e. The number of piperidine rings is 1. The second-order valence-electron chi connectivity index (χ2n) is 8.57. The van der Waals surface area contributed by atoms with Gasteiger partial charge in [0.05, 0.1) is 10.5 Å². The van der Waals surface area contributed by atoms with Crippen molar-refractivity contribution in [2.45, 2.75) is 69.7 Å². The van der Waals surface area contributed by atoms with Crippen LogP contribution < -0.4 is 5.32 Å². The summed E-state index contributed by atoms with van der Waals surface area (Å²) in [5.41, 5.74) is -0.191. The Hall–Kier alpha value is -1.47. The normalized spacial score (nSPS) is 25.2. The molecule has 1 aromatic carbocycles. The van der Waals surface area contributed by atoms with E-state index in [0.29, 0.717) is 13.1 Å². The highest BCUT2D eigenvalue weighted by atomic mass is 32.2. The average molecular weight is 411 g/mol. The molecule has 1 N–H and O–H groups in total. The zero-order chi connectivity index (χ0) is 20.3. The van der Waals surface area contributed by atoms with Crippen LogP contribution in [-0.4, -0.2) is 37.8 Å². The zero-order valence-corrected chi connectivity index (χ0v) is 17.6. The molecule has 0 bridgehead atoms. The second kappa shape index (κ2) is 8.91. The summed E-state index contributed by atoms with van der Waals surface area (Å²) >= 11 is 0. The van der Waals surface area contributed by atoms with Crippen molar-refractivity contribution < 1.29 is 17.6 Å². The van der Waals surface area contributed by atoms with Crippen LogP contribution in [0.5, 0.6) is 0 Å². The molecule has 2 unspecified atom stereocenters. The molecular formula is C21H31FN2O3S. The maximum absolute atomic E-state index is 14.3. The smallest absolute Gasteiger partial charge is 0.254 e. The van der Waals surface area contributed by atoms with Gasteiger partial charge in [0.15, 0.2) is 0 Å². The summed E-state index contributed by atoms with van der Waals surface area (Å²) in [6, 6.07) is 3.57. The van der Waals surface area contributed by atoms with Crippen molar-refractivity contribution in [3.05, 3.63) is 29.6 Å². The lowest BCUT2D eigenvalue weighted by atomic mass is 9.94. The van der Waals surface area contributed by atoms with Gasteiger partial charge in [0.2, 0.25) is 10.0 Å². The Morgan fingerprint density at radius 2 is 1.68 bits per heavy atom. The molecule has 1 aliphatic carbocycles. The molecule has 1 amide bonds. The summed E-state index contributed by atoms with van der Waals surface area (Å²) in [5, 5.41) is 2.90. The zero-order valence-electron chi connectivity index (χ0n) is 16.8. The van der Waals surface area contributed by atoms with Crippen molar-refractivity contribution in [3.8, 4) is 0 Å². The molecule has 7 heteroatoms. The van der Waals surface area contributed by atoms with Crippen molar-refractivity contribution in [1.82, 2.24) is 9.62 Å². The van der Waals surface area contributed by atoms with Crippen LogP contribution in [0.1, 0.15) is 69.2 Å². The van der Waals surface area contributed by atoms with Crippen LogP contribution >= 0.6 is 0 Å². The van der Waals surface area contributed by atoms with Gasteiger partial charge in [-0.2, -0.15) is 4.31 Å². The maximum Gasteiger partial charge on any atom is 0.254 e. The van der Waals surface area contributed by atoms with Crippen LogP contribution in [0, 0.1) is 17.7 Å². The number of hydrogen-bond donors (Lipinski definition) is 1. The molecule has 156 valence electrons. The van der Waals surface area contributed by atoms with Gasteiger partial charge < -0.3 is 5.32 Å². The van der Waals surface area contributed by atoms with Gasteiger partial charge in [0.25, 0.3) is 5.91 Å². The molecule has 1 saturated carbocycles. The van der Waals surface area contributed by atoms with E-state index in [1.165, 1.54) is 16.4 Å². The quantitative estimate of drug-likeness (QED) is 0.765. The number of nitrogens with one attached hydrogen (secondary N) is 1. The van der Waals surface area contributed by atoms with Gasteiger partial charge >= 0.3 is 0 Å². The van der Waals surface area contributed by atoms with E-state index < -0.39 is 21.7 Å². The van der Waals surface area contributed by atoms with E-state index in [9.17, 15) is 17.6 Å². The van der Waals surface area contributed by atoms with Gasteiger partial charge in [-0.05, 0) is 49.3 Å². The highest BCUT2D eigenvalue weighted by Gasteiger charge is 2.32. The van der Waals surface area contributed by atoms with Crippen molar-refractivity contribution in [3.63, 3.8) is 0 Å². The topological polar surface area (TPSA) is 66.5 Å². The van der Waals surface area contributed by atoms with Gasteiger partial charge in [-0.25, -0.2) is 12.8 Å². The first-order valence-electron chi connectivity index (χ1n) is 10.4. The number of amides is 1.